The van der Waals surface area contributed by atoms with Crippen LogP contribution in [0.5, 0.6) is 0 Å². The van der Waals surface area contributed by atoms with E-state index in [0.29, 0.717) is 18.7 Å². The number of amides is 2. The number of carbonyl (C=O) groups is 2. The molecular weight excluding hydrogens is 272 g/mol. The molecule has 6 heteroatoms. The maximum atomic E-state index is 12.2. The molecule has 1 fully saturated rings. The van der Waals surface area contributed by atoms with Gasteiger partial charge >= 0.3 is 0 Å². The number of ether oxygens (including phenoxy) is 1. The molecule has 6 nitrogen and oxygen atoms in total. The lowest BCUT2D eigenvalue weighted by Gasteiger charge is -2.37. The van der Waals surface area contributed by atoms with Crippen LogP contribution in [0.15, 0.2) is 30.3 Å². The molecule has 1 aromatic rings. The van der Waals surface area contributed by atoms with Crippen LogP contribution in [-0.4, -0.2) is 60.3 Å². The first kappa shape index (κ1) is 15.5. The first-order chi connectivity index (χ1) is 10.1. The molecule has 0 aliphatic carbocycles. The zero-order valence-electron chi connectivity index (χ0n) is 12.0. The number of rotatable bonds is 4. The number of nitrogens with zero attached hydrogens (tertiary/aromatic N) is 1. The van der Waals surface area contributed by atoms with Gasteiger partial charge in [-0.25, -0.2) is 0 Å². The van der Waals surface area contributed by atoms with Gasteiger partial charge in [0.2, 0.25) is 5.91 Å². The van der Waals surface area contributed by atoms with Crippen molar-refractivity contribution in [1.82, 2.24) is 10.2 Å². The fourth-order valence-electron chi connectivity index (χ4n) is 2.22. The summed E-state index contributed by atoms with van der Waals surface area (Å²) in [6.07, 6.45) is -0.352. The van der Waals surface area contributed by atoms with Gasteiger partial charge in [-0.15, -0.1) is 0 Å². The van der Waals surface area contributed by atoms with Gasteiger partial charge in [0, 0.05) is 12.1 Å². The van der Waals surface area contributed by atoms with Crippen LogP contribution in [0.1, 0.15) is 17.3 Å². The highest BCUT2D eigenvalue weighted by Gasteiger charge is 2.29. The van der Waals surface area contributed by atoms with Crippen molar-refractivity contribution in [2.24, 2.45) is 0 Å². The van der Waals surface area contributed by atoms with Gasteiger partial charge in [-0.2, -0.15) is 0 Å². The Labute approximate surface area is 123 Å². The Morgan fingerprint density at radius 3 is 2.76 bits per heavy atom. The number of aliphatic hydroxyl groups is 1. The molecule has 2 rings (SSSR count). The van der Waals surface area contributed by atoms with Crippen molar-refractivity contribution in [1.29, 1.82) is 0 Å². The largest absolute Gasteiger partial charge is 0.394 e. The minimum atomic E-state index is -0.352. The SMILES string of the molecule is CC1COC(CO)CN1C(=O)CNC(=O)c1ccccc1. The average molecular weight is 292 g/mol. The molecule has 0 radical (unpaired) electrons. The Kier molecular flexibility index (Phi) is 5.30. The molecule has 1 aliphatic heterocycles. The molecule has 1 heterocycles. The lowest BCUT2D eigenvalue weighted by Crippen LogP contribution is -2.54. The summed E-state index contributed by atoms with van der Waals surface area (Å²) in [7, 11) is 0. The summed E-state index contributed by atoms with van der Waals surface area (Å²) in [6, 6.07) is 8.69. The third-order valence-corrected chi connectivity index (χ3v) is 3.47. The molecule has 1 saturated heterocycles. The highest BCUT2D eigenvalue weighted by molar-refractivity contribution is 5.96. The highest BCUT2D eigenvalue weighted by atomic mass is 16.5. The van der Waals surface area contributed by atoms with Crippen molar-refractivity contribution >= 4 is 11.8 Å². The van der Waals surface area contributed by atoms with Crippen molar-refractivity contribution in [2.45, 2.75) is 19.1 Å². The zero-order chi connectivity index (χ0) is 15.2. The standard InChI is InChI=1S/C15H20N2O4/c1-11-10-21-13(9-18)8-17(11)14(19)7-16-15(20)12-5-3-2-4-6-12/h2-6,11,13,18H,7-10H2,1H3,(H,16,20). The van der Waals surface area contributed by atoms with Crippen LogP contribution in [-0.2, 0) is 9.53 Å². The lowest BCUT2D eigenvalue weighted by molar-refractivity contribution is -0.145. The Hall–Kier alpha value is -1.92. The van der Waals surface area contributed by atoms with Gasteiger partial charge in [0.05, 0.1) is 31.9 Å². The van der Waals surface area contributed by atoms with Crippen molar-refractivity contribution in [2.75, 3.05) is 26.3 Å². The molecule has 2 amide bonds. The molecule has 1 aliphatic rings. The van der Waals surface area contributed by atoms with Gasteiger partial charge in [-0.05, 0) is 19.1 Å². The van der Waals surface area contributed by atoms with Crippen LogP contribution in [0.3, 0.4) is 0 Å². The summed E-state index contributed by atoms with van der Waals surface area (Å²) < 4.78 is 5.38. The second kappa shape index (κ2) is 7.19. The Balaban J connectivity index is 1.87. The van der Waals surface area contributed by atoms with Crippen LogP contribution in [0, 0.1) is 0 Å². The fraction of sp³-hybridized carbons (Fsp3) is 0.467. The van der Waals surface area contributed by atoms with Crippen LogP contribution < -0.4 is 5.32 Å². The van der Waals surface area contributed by atoms with Crippen LogP contribution >= 0.6 is 0 Å². The van der Waals surface area contributed by atoms with E-state index in [1.54, 1.807) is 29.2 Å². The highest BCUT2D eigenvalue weighted by Crippen LogP contribution is 2.11. The van der Waals surface area contributed by atoms with Crippen molar-refractivity contribution in [3.05, 3.63) is 35.9 Å². The fourth-order valence-corrected chi connectivity index (χ4v) is 2.22. The van der Waals surface area contributed by atoms with E-state index >= 15 is 0 Å². The Morgan fingerprint density at radius 1 is 1.38 bits per heavy atom. The van der Waals surface area contributed by atoms with E-state index in [2.05, 4.69) is 5.32 Å². The predicted octanol–water partition coefficient (Wildman–Crippen LogP) is 0.0246. The first-order valence-electron chi connectivity index (χ1n) is 6.97. The molecule has 21 heavy (non-hydrogen) atoms. The maximum absolute atomic E-state index is 12.2. The minimum Gasteiger partial charge on any atom is -0.394 e. The van der Waals surface area contributed by atoms with Gasteiger partial charge < -0.3 is 20.1 Å². The van der Waals surface area contributed by atoms with Crippen LogP contribution in [0.25, 0.3) is 0 Å². The van der Waals surface area contributed by atoms with Crippen LogP contribution in [0.4, 0.5) is 0 Å². The topological polar surface area (TPSA) is 78.9 Å². The van der Waals surface area contributed by atoms with E-state index in [9.17, 15) is 9.59 Å². The summed E-state index contributed by atoms with van der Waals surface area (Å²) in [4.78, 5) is 25.7. The summed E-state index contributed by atoms with van der Waals surface area (Å²) in [5.41, 5.74) is 0.522. The molecule has 2 unspecified atom stereocenters. The number of carbonyl (C=O) groups excluding carboxylic acids is 2. The quantitative estimate of drug-likeness (QED) is 0.820. The molecule has 0 spiro atoms. The van der Waals surface area contributed by atoms with E-state index < -0.39 is 0 Å². The molecule has 2 atom stereocenters. The molecular formula is C15H20N2O4. The third kappa shape index (κ3) is 4.03. The van der Waals surface area contributed by atoms with Gasteiger partial charge in [0.25, 0.3) is 5.91 Å². The Bertz CT molecular complexity index is 492. The minimum absolute atomic E-state index is 0.0593. The summed E-state index contributed by atoms with van der Waals surface area (Å²) in [5, 5.41) is 11.7. The lowest BCUT2D eigenvalue weighted by atomic mass is 10.2. The van der Waals surface area contributed by atoms with E-state index in [0.717, 1.165) is 0 Å². The normalized spacial score (nSPS) is 21.9. The van der Waals surface area contributed by atoms with Crippen LogP contribution in [0.2, 0.25) is 0 Å². The van der Waals surface area contributed by atoms with Crippen molar-refractivity contribution < 1.29 is 19.4 Å². The van der Waals surface area contributed by atoms with E-state index in [1.165, 1.54) is 0 Å². The van der Waals surface area contributed by atoms with Gasteiger partial charge in [-0.3, -0.25) is 9.59 Å². The smallest absolute Gasteiger partial charge is 0.251 e. The van der Waals surface area contributed by atoms with E-state index in [4.69, 9.17) is 9.84 Å². The number of benzene rings is 1. The first-order valence-corrected chi connectivity index (χ1v) is 6.97. The molecule has 2 N–H and O–H groups in total. The average Bonchev–Trinajstić information content (AvgIpc) is 2.53. The molecule has 0 bridgehead atoms. The number of aliphatic hydroxyl groups excluding tert-OH is 1. The van der Waals surface area contributed by atoms with E-state index in [-0.39, 0.29) is 37.1 Å². The Morgan fingerprint density at radius 2 is 2.10 bits per heavy atom. The number of nitrogens with one attached hydrogen (secondary N) is 1. The summed E-state index contributed by atoms with van der Waals surface area (Å²) >= 11 is 0. The zero-order valence-corrected chi connectivity index (χ0v) is 12.0. The van der Waals surface area contributed by atoms with E-state index in [1.807, 2.05) is 13.0 Å². The maximum Gasteiger partial charge on any atom is 0.251 e. The molecule has 0 aromatic heterocycles. The number of hydrogen-bond acceptors (Lipinski definition) is 4. The van der Waals surface area contributed by atoms with Gasteiger partial charge in [0.1, 0.15) is 0 Å². The molecule has 0 saturated carbocycles. The second-order valence-corrected chi connectivity index (χ2v) is 5.08. The van der Waals surface area contributed by atoms with Gasteiger partial charge in [-0.1, -0.05) is 18.2 Å². The number of morpholine rings is 1. The number of hydrogen-bond donors (Lipinski definition) is 2. The van der Waals surface area contributed by atoms with Gasteiger partial charge in [0.15, 0.2) is 0 Å². The van der Waals surface area contributed by atoms with Crippen molar-refractivity contribution in [3.63, 3.8) is 0 Å². The molecule has 114 valence electrons. The van der Waals surface area contributed by atoms with Crippen molar-refractivity contribution in [3.8, 4) is 0 Å². The monoisotopic (exact) mass is 292 g/mol. The predicted molar refractivity (Wildman–Crippen MR) is 76.8 cm³/mol. The third-order valence-electron chi connectivity index (χ3n) is 3.47. The molecule has 1 aromatic carbocycles. The summed E-state index contributed by atoms with van der Waals surface area (Å²) in [5.74, 6) is -0.447. The summed E-state index contributed by atoms with van der Waals surface area (Å²) in [6.45, 7) is 2.44. The second-order valence-electron chi connectivity index (χ2n) is 5.08.